The highest BCUT2D eigenvalue weighted by molar-refractivity contribution is 7.89. The summed E-state index contributed by atoms with van der Waals surface area (Å²) >= 11 is 5.60. The van der Waals surface area contributed by atoms with Crippen molar-refractivity contribution in [3.63, 3.8) is 0 Å². The Morgan fingerprint density at radius 1 is 1.36 bits per heavy atom. The maximum absolute atomic E-state index is 13.8. The van der Waals surface area contributed by atoms with E-state index < -0.39 is 20.7 Å². The molecular formula is C14H20ClFN2O3S. The normalized spacial score (nSPS) is 17.8. The summed E-state index contributed by atoms with van der Waals surface area (Å²) in [6.45, 7) is 2.61. The summed E-state index contributed by atoms with van der Waals surface area (Å²) in [5.41, 5.74) is 0. The largest absolute Gasteiger partial charge is 0.393 e. The van der Waals surface area contributed by atoms with Crippen LogP contribution in [0.1, 0.15) is 19.3 Å². The maximum Gasteiger partial charge on any atom is 0.243 e. The van der Waals surface area contributed by atoms with Crippen molar-refractivity contribution in [3.8, 4) is 0 Å². The number of hydrogen-bond donors (Lipinski definition) is 2. The molecule has 1 aromatic rings. The monoisotopic (exact) mass is 350 g/mol. The molecular weight excluding hydrogens is 331 g/mol. The Morgan fingerprint density at radius 2 is 2.05 bits per heavy atom. The number of benzene rings is 1. The van der Waals surface area contributed by atoms with E-state index in [1.165, 1.54) is 18.2 Å². The van der Waals surface area contributed by atoms with Gasteiger partial charge in [-0.3, -0.25) is 0 Å². The fourth-order valence-electron chi connectivity index (χ4n) is 2.42. The van der Waals surface area contributed by atoms with Crippen LogP contribution in [-0.4, -0.2) is 50.7 Å². The molecule has 0 aromatic heterocycles. The molecule has 0 unspecified atom stereocenters. The van der Waals surface area contributed by atoms with E-state index in [-0.39, 0.29) is 17.7 Å². The zero-order valence-electron chi connectivity index (χ0n) is 12.1. The van der Waals surface area contributed by atoms with Crippen molar-refractivity contribution >= 4 is 21.6 Å². The van der Waals surface area contributed by atoms with E-state index in [2.05, 4.69) is 9.62 Å². The first kappa shape index (κ1) is 17.6. The summed E-state index contributed by atoms with van der Waals surface area (Å²) in [5, 5.41) is 9.20. The Morgan fingerprint density at radius 3 is 2.73 bits per heavy atom. The molecule has 0 spiro atoms. The van der Waals surface area contributed by atoms with Gasteiger partial charge in [0.25, 0.3) is 0 Å². The SMILES string of the molecule is O=S(=O)(NCCCN1CCC(O)CC1)c1cccc(Cl)c1F. The summed E-state index contributed by atoms with van der Waals surface area (Å²) in [5.74, 6) is -0.929. The van der Waals surface area contributed by atoms with E-state index in [0.29, 0.717) is 6.42 Å². The fraction of sp³-hybridized carbons (Fsp3) is 0.571. The maximum atomic E-state index is 13.8. The molecule has 0 atom stereocenters. The van der Waals surface area contributed by atoms with Gasteiger partial charge in [-0.1, -0.05) is 17.7 Å². The first-order chi connectivity index (χ1) is 10.4. The van der Waals surface area contributed by atoms with Crippen molar-refractivity contribution in [3.05, 3.63) is 29.0 Å². The Balaban J connectivity index is 1.82. The third kappa shape index (κ3) is 4.63. The lowest BCUT2D eigenvalue weighted by atomic mass is 10.1. The van der Waals surface area contributed by atoms with Crippen LogP contribution in [0.4, 0.5) is 4.39 Å². The molecule has 8 heteroatoms. The molecule has 2 rings (SSSR count). The van der Waals surface area contributed by atoms with Crippen LogP contribution in [0.5, 0.6) is 0 Å². The Hall–Kier alpha value is -0.730. The first-order valence-electron chi connectivity index (χ1n) is 7.24. The highest BCUT2D eigenvalue weighted by Gasteiger charge is 2.21. The van der Waals surface area contributed by atoms with Crippen LogP contribution in [-0.2, 0) is 10.0 Å². The predicted octanol–water partition coefficient (Wildman–Crippen LogP) is 1.60. The smallest absolute Gasteiger partial charge is 0.243 e. The van der Waals surface area contributed by atoms with E-state index in [0.717, 1.165) is 32.5 Å². The molecule has 0 aliphatic carbocycles. The lowest BCUT2D eigenvalue weighted by molar-refractivity contribution is 0.0823. The highest BCUT2D eigenvalue weighted by atomic mass is 35.5. The topological polar surface area (TPSA) is 69.6 Å². The summed E-state index contributed by atoms with van der Waals surface area (Å²) in [4.78, 5) is 1.75. The molecule has 2 N–H and O–H groups in total. The number of nitrogens with zero attached hydrogens (tertiary/aromatic N) is 1. The van der Waals surface area contributed by atoms with Gasteiger partial charge in [-0.05, 0) is 37.9 Å². The molecule has 1 aliphatic rings. The van der Waals surface area contributed by atoms with Crippen LogP contribution in [0.2, 0.25) is 5.02 Å². The summed E-state index contributed by atoms with van der Waals surface area (Å²) in [6, 6.07) is 3.90. The van der Waals surface area contributed by atoms with Gasteiger partial charge in [-0.15, -0.1) is 0 Å². The van der Waals surface area contributed by atoms with Gasteiger partial charge >= 0.3 is 0 Å². The molecule has 22 heavy (non-hydrogen) atoms. The average Bonchev–Trinajstić information content (AvgIpc) is 2.48. The molecule has 0 bridgehead atoms. The second-order valence-electron chi connectivity index (χ2n) is 5.38. The molecule has 5 nitrogen and oxygen atoms in total. The fourth-order valence-corrected chi connectivity index (χ4v) is 3.82. The highest BCUT2D eigenvalue weighted by Crippen LogP contribution is 2.21. The molecule has 1 fully saturated rings. The molecule has 0 radical (unpaired) electrons. The quantitative estimate of drug-likeness (QED) is 0.765. The number of sulfonamides is 1. The molecule has 1 aromatic carbocycles. The van der Waals surface area contributed by atoms with Gasteiger partial charge in [-0.25, -0.2) is 17.5 Å². The number of likely N-dealkylation sites (tertiary alicyclic amines) is 1. The summed E-state index contributed by atoms with van der Waals surface area (Å²) in [7, 11) is -3.89. The molecule has 0 saturated carbocycles. The minimum absolute atomic E-state index is 0.213. The van der Waals surface area contributed by atoms with Crippen molar-refractivity contribution in [1.29, 1.82) is 0 Å². The van der Waals surface area contributed by atoms with Crippen molar-refractivity contribution in [2.75, 3.05) is 26.2 Å². The zero-order valence-corrected chi connectivity index (χ0v) is 13.7. The van der Waals surface area contributed by atoms with Gasteiger partial charge in [0.05, 0.1) is 11.1 Å². The number of piperidine rings is 1. The van der Waals surface area contributed by atoms with Crippen LogP contribution >= 0.6 is 11.6 Å². The average molecular weight is 351 g/mol. The third-order valence-corrected chi connectivity index (χ3v) is 5.48. The van der Waals surface area contributed by atoms with E-state index >= 15 is 0 Å². The van der Waals surface area contributed by atoms with Crippen LogP contribution in [0, 0.1) is 5.82 Å². The number of aliphatic hydroxyl groups is 1. The van der Waals surface area contributed by atoms with Crippen molar-refractivity contribution in [2.45, 2.75) is 30.3 Å². The molecule has 1 saturated heterocycles. The summed E-state index contributed by atoms with van der Waals surface area (Å²) in [6.07, 6.45) is 1.90. The van der Waals surface area contributed by atoms with Crippen molar-refractivity contribution in [1.82, 2.24) is 9.62 Å². The molecule has 1 aliphatic heterocycles. The molecule has 124 valence electrons. The van der Waals surface area contributed by atoms with Gasteiger partial charge in [-0.2, -0.15) is 0 Å². The van der Waals surface area contributed by atoms with E-state index in [9.17, 15) is 17.9 Å². The van der Waals surface area contributed by atoms with Gasteiger partial charge < -0.3 is 10.0 Å². The predicted molar refractivity (Wildman–Crippen MR) is 82.9 cm³/mol. The number of nitrogens with one attached hydrogen (secondary N) is 1. The van der Waals surface area contributed by atoms with Crippen molar-refractivity contribution in [2.24, 2.45) is 0 Å². The zero-order chi connectivity index (χ0) is 16.2. The van der Waals surface area contributed by atoms with Crippen molar-refractivity contribution < 1.29 is 17.9 Å². The molecule has 0 amide bonds. The van der Waals surface area contributed by atoms with Gasteiger partial charge in [0.1, 0.15) is 4.90 Å². The van der Waals surface area contributed by atoms with E-state index in [1.54, 1.807) is 0 Å². The number of halogens is 2. The van der Waals surface area contributed by atoms with Gasteiger partial charge in [0.2, 0.25) is 10.0 Å². The Bertz CT molecular complexity index is 604. The lowest BCUT2D eigenvalue weighted by Gasteiger charge is -2.29. The first-order valence-corrected chi connectivity index (χ1v) is 9.10. The number of aliphatic hydroxyl groups excluding tert-OH is 1. The van der Waals surface area contributed by atoms with Gasteiger partial charge in [0, 0.05) is 19.6 Å². The lowest BCUT2D eigenvalue weighted by Crippen LogP contribution is -2.37. The summed E-state index contributed by atoms with van der Waals surface area (Å²) < 4.78 is 40.2. The van der Waals surface area contributed by atoms with E-state index in [4.69, 9.17) is 11.6 Å². The minimum Gasteiger partial charge on any atom is -0.393 e. The number of rotatable bonds is 6. The van der Waals surface area contributed by atoms with Gasteiger partial charge in [0.15, 0.2) is 5.82 Å². The Labute approximate surface area is 135 Å². The number of hydrogen-bond acceptors (Lipinski definition) is 4. The van der Waals surface area contributed by atoms with E-state index in [1.807, 2.05) is 0 Å². The standard InChI is InChI=1S/C14H20ClFN2O3S/c15-12-3-1-4-13(14(12)16)22(20,21)17-7-2-8-18-9-5-11(19)6-10-18/h1,3-4,11,17,19H,2,5-10H2. The minimum atomic E-state index is -3.89. The van der Waals surface area contributed by atoms with Crippen LogP contribution in [0.25, 0.3) is 0 Å². The van der Waals surface area contributed by atoms with Crippen LogP contribution in [0.15, 0.2) is 23.1 Å². The molecule has 1 heterocycles. The Kier molecular flexibility index (Phi) is 6.17. The third-order valence-electron chi connectivity index (χ3n) is 3.71. The second-order valence-corrected chi connectivity index (χ2v) is 7.52. The van der Waals surface area contributed by atoms with Crippen LogP contribution < -0.4 is 4.72 Å². The van der Waals surface area contributed by atoms with Crippen LogP contribution in [0.3, 0.4) is 0 Å². The second kappa shape index (κ2) is 7.70.